The molecule has 1 N–H and O–H groups in total. The lowest BCUT2D eigenvalue weighted by atomic mass is 10.2. The van der Waals surface area contributed by atoms with E-state index in [4.69, 9.17) is 4.98 Å². The third kappa shape index (κ3) is 5.68. The van der Waals surface area contributed by atoms with Gasteiger partial charge >= 0.3 is 0 Å². The van der Waals surface area contributed by atoms with Crippen LogP contribution in [0.5, 0.6) is 0 Å². The van der Waals surface area contributed by atoms with Crippen LogP contribution in [0.25, 0.3) is 0 Å². The molecule has 0 saturated carbocycles. The molecule has 0 aromatic carbocycles. The van der Waals surface area contributed by atoms with Gasteiger partial charge in [0.05, 0.1) is 12.2 Å². The number of unbranched alkanes of at least 4 members (excludes halogenated alkanes) is 1. The average molecular weight is 310 g/mol. The Morgan fingerprint density at radius 3 is 2.57 bits per heavy atom. The zero-order chi connectivity index (χ0) is 14.9. The lowest BCUT2D eigenvalue weighted by molar-refractivity contribution is 0.276. The zero-order valence-corrected chi connectivity index (χ0v) is 14.6. The van der Waals surface area contributed by atoms with Crippen molar-refractivity contribution in [2.75, 3.05) is 19.6 Å². The highest BCUT2D eigenvalue weighted by Gasteiger charge is 2.14. The molecule has 21 heavy (non-hydrogen) atoms. The molecule has 2 rings (SSSR count). The second-order valence-corrected chi connectivity index (χ2v) is 7.22. The van der Waals surface area contributed by atoms with E-state index in [2.05, 4.69) is 24.1 Å². The summed E-state index contributed by atoms with van der Waals surface area (Å²) in [6.45, 7) is 10.2. The van der Waals surface area contributed by atoms with Crippen LogP contribution in [0.4, 0.5) is 0 Å². The van der Waals surface area contributed by atoms with Crippen LogP contribution in [-0.2, 0) is 19.5 Å². The van der Waals surface area contributed by atoms with E-state index in [1.54, 1.807) is 0 Å². The smallest absolute Gasteiger partial charge is 0.107 e. The van der Waals surface area contributed by atoms with Crippen LogP contribution in [0.3, 0.4) is 0 Å². The number of rotatable bonds is 8. The van der Waals surface area contributed by atoms with Crippen LogP contribution >= 0.6 is 11.3 Å². The van der Waals surface area contributed by atoms with E-state index < -0.39 is 0 Å². The third-order valence-electron chi connectivity index (χ3n) is 4.21. The monoisotopic (exact) mass is 309 g/mol. The van der Waals surface area contributed by atoms with Crippen molar-refractivity contribution < 1.29 is 0 Å². The fraction of sp³-hybridized carbons (Fsp3) is 0.824. The first-order valence-electron chi connectivity index (χ1n) is 8.74. The van der Waals surface area contributed by atoms with Gasteiger partial charge in [0.1, 0.15) is 5.01 Å². The molecule has 1 fully saturated rings. The maximum atomic E-state index is 4.89. The summed E-state index contributed by atoms with van der Waals surface area (Å²) < 4.78 is 0. The molecule has 1 aliphatic rings. The fourth-order valence-corrected chi connectivity index (χ4v) is 4.08. The van der Waals surface area contributed by atoms with Crippen molar-refractivity contribution in [1.29, 1.82) is 0 Å². The molecule has 0 spiro atoms. The molecule has 0 atom stereocenters. The van der Waals surface area contributed by atoms with Crippen molar-refractivity contribution in [3.8, 4) is 0 Å². The number of aryl methyl sites for hydroxylation is 1. The Kier molecular flexibility index (Phi) is 7.69. The molecule has 0 amide bonds. The van der Waals surface area contributed by atoms with E-state index in [0.717, 1.165) is 26.1 Å². The number of hydrogen-bond acceptors (Lipinski definition) is 4. The molecular weight excluding hydrogens is 278 g/mol. The van der Waals surface area contributed by atoms with Crippen LogP contribution in [0.1, 0.15) is 68.0 Å². The summed E-state index contributed by atoms with van der Waals surface area (Å²) >= 11 is 1.93. The number of likely N-dealkylation sites (tertiary alicyclic amines) is 1. The summed E-state index contributed by atoms with van der Waals surface area (Å²) in [6, 6.07) is 0. The minimum absolute atomic E-state index is 1.00. The molecule has 120 valence electrons. The van der Waals surface area contributed by atoms with Gasteiger partial charge in [-0.25, -0.2) is 4.98 Å². The van der Waals surface area contributed by atoms with Crippen LogP contribution in [0.15, 0.2) is 0 Å². The largest absolute Gasteiger partial charge is 0.312 e. The molecule has 1 aliphatic heterocycles. The Morgan fingerprint density at radius 2 is 1.90 bits per heavy atom. The molecule has 0 aliphatic carbocycles. The standard InChI is InChI=1S/C17H31N3S/c1-3-5-10-18-13-16-15(4-2)19-17(21-16)14-20-11-8-6-7-9-12-20/h18H,3-14H2,1-2H3. The molecule has 1 aromatic heterocycles. The predicted octanol–water partition coefficient (Wildman–Crippen LogP) is 3.97. The molecule has 4 heteroatoms. The molecule has 1 aromatic rings. The Balaban J connectivity index is 1.88. The van der Waals surface area contributed by atoms with E-state index in [1.807, 2.05) is 11.3 Å². The number of thiazole rings is 1. The highest BCUT2D eigenvalue weighted by molar-refractivity contribution is 7.11. The van der Waals surface area contributed by atoms with Gasteiger partial charge in [-0.3, -0.25) is 4.90 Å². The summed E-state index contributed by atoms with van der Waals surface area (Å²) in [7, 11) is 0. The van der Waals surface area contributed by atoms with E-state index >= 15 is 0 Å². The summed E-state index contributed by atoms with van der Waals surface area (Å²) in [5.74, 6) is 0. The van der Waals surface area contributed by atoms with Gasteiger partial charge in [-0.2, -0.15) is 0 Å². The first kappa shape index (κ1) is 16.9. The van der Waals surface area contributed by atoms with Gasteiger partial charge in [0.2, 0.25) is 0 Å². The second-order valence-electron chi connectivity index (χ2n) is 6.05. The Hall–Kier alpha value is -0.450. The highest BCUT2D eigenvalue weighted by atomic mass is 32.1. The first-order valence-corrected chi connectivity index (χ1v) is 9.55. The van der Waals surface area contributed by atoms with Gasteiger partial charge in [0, 0.05) is 11.4 Å². The van der Waals surface area contributed by atoms with Crippen molar-refractivity contribution >= 4 is 11.3 Å². The maximum absolute atomic E-state index is 4.89. The normalized spacial score (nSPS) is 17.0. The van der Waals surface area contributed by atoms with Crippen LogP contribution < -0.4 is 5.32 Å². The summed E-state index contributed by atoms with van der Waals surface area (Å²) in [5, 5.41) is 4.88. The minimum Gasteiger partial charge on any atom is -0.312 e. The number of nitrogens with zero attached hydrogens (tertiary/aromatic N) is 2. The number of hydrogen-bond donors (Lipinski definition) is 1. The van der Waals surface area contributed by atoms with Gasteiger partial charge in [-0.1, -0.05) is 33.1 Å². The molecular formula is C17H31N3S. The molecule has 3 nitrogen and oxygen atoms in total. The van der Waals surface area contributed by atoms with Gasteiger partial charge < -0.3 is 5.32 Å². The lowest BCUT2D eigenvalue weighted by Crippen LogP contribution is -2.23. The molecule has 0 bridgehead atoms. The Morgan fingerprint density at radius 1 is 1.14 bits per heavy atom. The van der Waals surface area contributed by atoms with Crippen LogP contribution in [-0.4, -0.2) is 29.5 Å². The topological polar surface area (TPSA) is 28.2 Å². The zero-order valence-electron chi connectivity index (χ0n) is 13.8. The lowest BCUT2D eigenvalue weighted by Gasteiger charge is -2.17. The van der Waals surface area contributed by atoms with Gasteiger partial charge in [-0.15, -0.1) is 11.3 Å². The quantitative estimate of drug-likeness (QED) is 0.736. The molecule has 0 unspecified atom stereocenters. The van der Waals surface area contributed by atoms with E-state index in [-0.39, 0.29) is 0 Å². The van der Waals surface area contributed by atoms with Crippen molar-refractivity contribution in [1.82, 2.24) is 15.2 Å². The third-order valence-corrected chi connectivity index (χ3v) is 5.29. The highest BCUT2D eigenvalue weighted by Crippen LogP contribution is 2.22. The summed E-state index contributed by atoms with van der Waals surface area (Å²) in [5.41, 5.74) is 1.31. The molecule has 2 heterocycles. The predicted molar refractivity (Wildman–Crippen MR) is 91.9 cm³/mol. The Bertz CT molecular complexity index is 395. The van der Waals surface area contributed by atoms with Gasteiger partial charge in [-0.05, 0) is 45.3 Å². The van der Waals surface area contributed by atoms with Crippen molar-refractivity contribution in [2.24, 2.45) is 0 Å². The van der Waals surface area contributed by atoms with E-state index in [9.17, 15) is 0 Å². The van der Waals surface area contributed by atoms with E-state index in [1.165, 1.54) is 67.2 Å². The number of aromatic nitrogens is 1. The average Bonchev–Trinajstić information content (AvgIpc) is 2.69. The van der Waals surface area contributed by atoms with Crippen LogP contribution in [0, 0.1) is 0 Å². The van der Waals surface area contributed by atoms with Gasteiger partial charge in [0.25, 0.3) is 0 Å². The molecule has 0 radical (unpaired) electrons. The van der Waals surface area contributed by atoms with Crippen molar-refractivity contribution in [3.05, 3.63) is 15.6 Å². The van der Waals surface area contributed by atoms with Crippen molar-refractivity contribution in [2.45, 2.75) is 71.9 Å². The second kappa shape index (κ2) is 9.54. The van der Waals surface area contributed by atoms with Crippen LogP contribution in [0.2, 0.25) is 0 Å². The van der Waals surface area contributed by atoms with Gasteiger partial charge in [0.15, 0.2) is 0 Å². The summed E-state index contributed by atoms with van der Waals surface area (Å²) in [4.78, 5) is 8.94. The first-order chi connectivity index (χ1) is 10.3. The van der Waals surface area contributed by atoms with Crippen molar-refractivity contribution in [3.63, 3.8) is 0 Å². The SMILES string of the molecule is CCCCNCc1sc(CN2CCCCCC2)nc1CC. The maximum Gasteiger partial charge on any atom is 0.107 e. The number of nitrogens with one attached hydrogen (secondary N) is 1. The fourth-order valence-electron chi connectivity index (χ4n) is 2.91. The Labute approximate surface area is 134 Å². The molecule has 1 saturated heterocycles. The van der Waals surface area contributed by atoms with E-state index in [0.29, 0.717) is 0 Å². The summed E-state index contributed by atoms with van der Waals surface area (Å²) in [6.07, 6.45) is 9.11. The minimum atomic E-state index is 1.00.